The van der Waals surface area contributed by atoms with Crippen LogP contribution in [0, 0.1) is 13.8 Å². The van der Waals surface area contributed by atoms with Crippen LogP contribution in [0.2, 0.25) is 0 Å². The molecule has 0 unspecified atom stereocenters. The van der Waals surface area contributed by atoms with E-state index in [4.69, 9.17) is 9.47 Å². The molecule has 1 aliphatic heterocycles. The molecule has 37 heavy (non-hydrogen) atoms. The van der Waals surface area contributed by atoms with E-state index in [1.54, 1.807) is 13.0 Å². The number of aryl methyl sites for hydroxylation is 2. The van der Waals surface area contributed by atoms with Gasteiger partial charge in [0, 0.05) is 42.2 Å². The van der Waals surface area contributed by atoms with Crippen molar-refractivity contribution in [1.29, 1.82) is 0 Å². The van der Waals surface area contributed by atoms with Crippen molar-refractivity contribution < 1.29 is 27.7 Å². The van der Waals surface area contributed by atoms with Crippen molar-refractivity contribution in [2.24, 2.45) is 4.99 Å². The Morgan fingerprint density at radius 1 is 0.973 bits per heavy atom. The predicted molar refractivity (Wildman–Crippen MR) is 142 cm³/mol. The second kappa shape index (κ2) is 12.0. The highest BCUT2D eigenvalue weighted by Gasteiger charge is 2.29. The van der Waals surface area contributed by atoms with E-state index in [0.717, 1.165) is 32.6 Å². The van der Waals surface area contributed by atoms with Crippen LogP contribution in [0.25, 0.3) is 5.57 Å². The minimum absolute atomic E-state index is 0.171. The minimum atomic E-state index is -2.70. The number of rotatable bonds is 10. The predicted octanol–water partition coefficient (Wildman–Crippen LogP) is 4.99. The Hall–Kier alpha value is -3.69. The second-order valence-electron chi connectivity index (χ2n) is 8.98. The summed E-state index contributed by atoms with van der Waals surface area (Å²) in [5, 5.41) is 0. The summed E-state index contributed by atoms with van der Waals surface area (Å²) in [7, 11) is -2.70. The molecule has 0 spiro atoms. The third-order valence-electron chi connectivity index (χ3n) is 6.03. The molecule has 0 N–H and O–H groups in total. The molecule has 0 bridgehead atoms. The van der Waals surface area contributed by atoms with Crippen LogP contribution in [0.1, 0.15) is 50.2 Å². The Balaban J connectivity index is 2.05. The van der Waals surface area contributed by atoms with Crippen LogP contribution in [-0.4, -0.2) is 55.8 Å². The van der Waals surface area contributed by atoms with Crippen LogP contribution in [0.3, 0.4) is 0 Å². The molecule has 0 aliphatic carbocycles. The lowest BCUT2D eigenvalue weighted by Crippen LogP contribution is -2.31. The monoisotopic (exact) mass is 511 g/mol. The zero-order valence-corrected chi connectivity index (χ0v) is 22.1. The Kier molecular flexibility index (Phi) is 9.07. The maximum absolute atomic E-state index is 14.2. The van der Waals surface area contributed by atoms with E-state index in [0.29, 0.717) is 35.7 Å². The number of aliphatic imine (C=N–C) groups is 1. The zero-order valence-electron chi connectivity index (χ0n) is 22.1. The first-order valence-electron chi connectivity index (χ1n) is 12.1. The van der Waals surface area contributed by atoms with Crippen molar-refractivity contribution in [3.63, 3.8) is 0 Å². The van der Waals surface area contributed by atoms with E-state index >= 15 is 0 Å². The van der Waals surface area contributed by atoms with E-state index in [1.807, 2.05) is 56.0 Å². The second-order valence-corrected chi connectivity index (χ2v) is 8.98. The maximum atomic E-state index is 14.2. The Morgan fingerprint density at radius 2 is 1.54 bits per heavy atom. The fourth-order valence-corrected chi connectivity index (χ4v) is 4.51. The molecule has 3 rings (SSSR count). The highest BCUT2D eigenvalue weighted by molar-refractivity contribution is 6.41. The highest BCUT2D eigenvalue weighted by Crippen LogP contribution is 2.37. The van der Waals surface area contributed by atoms with Gasteiger partial charge in [-0.2, -0.15) is 0 Å². The summed E-state index contributed by atoms with van der Waals surface area (Å²) >= 11 is 0. The quantitative estimate of drug-likeness (QED) is 0.332. The molecule has 1 aliphatic rings. The van der Waals surface area contributed by atoms with Crippen LogP contribution < -0.4 is 4.90 Å². The van der Waals surface area contributed by atoms with Crippen LogP contribution in [0.15, 0.2) is 52.7 Å². The summed E-state index contributed by atoms with van der Waals surface area (Å²) in [6.45, 7) is 11.1. The fourth-order valence-electron chi connectivity index (χ4n) is 4.51. The van der Waals surface area contributed by atoms with Gasteiger partial charge >= 0.3 is 19.3 Å². The molecule has 0 fully saturated rings. The number of benzene rings is 1. The number of hydrogen-bond donors (Lipinski definition) is 0. The number of esters is 2. The average molecular weight is 511 g/mol. The number of carbonyl (C=O) groups is 2. The molecule has 0 atom stereocenters. The lowest BCUT2D eigenvalue weighted by molar-refractivity contribution is -0.141. The van der Waals surface area contributed by atoms with Crippen molar-refractivity contribution in [2.45, 2.75) is 41.5 Å². The Morgan fingerprint density at radius 3 is 2.00 bits per heavy atom. The van der Waals surface area contributed by atoms with E-state index in [-0.39, 0.29) is 25.2 Å². The molecule has 0 amide bonds. The summed E-state index contributed by atoms with van der Waals surface area (Å²) in [4.78, 5) is 29.0. The summed E-state index contributed by atoms with van der Waals surface area (Å²) in [5.41, 5.74) is 6.21. The molecule has 1 aromatic carbocycles. The number of anilines is 1. The third kappa shape index (κ3) is 6.75. The van der Waals surface area contributed by atoms with Gasteiger partial charge in [0.25, 0.3) is 0 Å². The fraction of sp³-hybridized carbons (Fsp3) is 0.370. The van der Waals surface area contributed by atoms with Gasteiger partial charge in [-0.25, -0.2) is 0 Å². The van der Waals surface area contributed by atoms with Crippen LogP contribution in [-0.2, 0) is 19.1 Å². The lowest BCUT2D eigenvalue weighted by Gasteiger charge is -2.25. The van der Waals surface area contributed by atoms with Gasteiger partial charge in [0.15, 0.2) is 0 Å². The molecular formula is C27H32BF2N3O4. The first-order chi connectivity index (χ1) is 17.5. The van der Waals surface area contributed by atoms with Gasteiger partial charge in [-0.05, 0) is 68.7 Å². The SMILES string of the molecule is CC(=O)OCCN(CCOC(C)=O)c1ccc(/C(=C2/N=C(C)C=C2C)c2c(C)cc(C)n2B(F)F)cc1. The number of nitrogens with zero attached hydrogens (tertiary/aromatic N) is 3. The van der Waals surface area contributed by atoms with Gasteiger partial charge in [0.2, 0.25) is 0 Å². The van der Waals surface area contributed by atoms with Crippen molar-refractivity contribution >= 4 is 36.3 Å². The van der Waals surface area contributed by atoms with Gasteiger partial charge < -0.3 is 18.9 Å². The number of allylic oxidation sites excluding steroid dienone is 2. The molecule has 196 valence electrons. The molecule has 0 saturated carbocycles. The minimum Gasteiger partial charge on any atom is -0.464 e. The van der Waals surface area contributed by atoms with Crippen LogP contribution >= 0.6 is 0 Å². The van der Waals surface area contributed by atoms with Crippen molar-refractivity contribution in [3.05, 3.63) is 70.2 Å². The standard InChI is InChI=1S/C27H32BF2N3O4/c1-17-15-19(3)31-26(17)25(27-18(2)16-20(4)33(27)28(29)30)23-7-9-24(10-8-23)32(11-13-36-21(5)34)12-14-37-22(6)35/h7-10,15-16H,11-14H2,1-6H3/b26-25-. The summed E-state index contributed by atoms with van der Waals surface area (Å²) in [6.07, 6.45) is 1.94. The van der Waals surface area contributed by atoms with Gasteiger partial charge in [0.1, 0.15) is 13.2 Å². The Bertz CT molecular complexity index is 1240. The lowest BCUT2D eigenvalue weighted by atomic mass is 9.94. The number of halogens is 2. The highest BCUT2D eigenvalue weighted by atomic mass is 19.2. The largest absolute Gasteiger partial charge is 0.677 e. The summed E-state index contributed by atoms with van der Waals surface area (Å²) in [5.74, 6) is -0.759. The topological polar surface area (TPSA) is 73.1 Å². The van der Waals surface area contributed by atoms with Gasteiger partial charge in [-0.15, -0.1) is 0 Å². The van der Waals surface area contributed by atoms with Crippen molar-refractivity contribution in [1.82, 2.24) is 4.48 Å². The van der Waals surface area contributed by atoms with E-state index < -0.39 is 7.40 Å². The van der Waals surface area contributed by atoms with Gasteiger partial charge in [-0.1, -0.05) is 12.1 Å². The van der Waals surface area contributed by atoms with E-state index in [1.165, 1.54) is 13.8 Å². The normalized spacial score (nSPS) is 14.2. The Labute approximate surface area is 216 Å². The maximum Gasteiger partial charge on any atom is 0.677 e. The van der Waals surface area contributed by atoms with Crippen molar-refractivity contribution in [2.75, 3.05) is 31.2 Å². The number of carbonyl (C=O) groups excluding carboxylic acids is 2. The van der Waals surface area contributed by atoms with E-state index in [2.05, 4.69) is 4.99 Å². The smallest absolute Gasteiger partial charge is 0.464 e. The number of aromatic nitrogens is 1. The molecule has 2 aromatic rings. The summed E-state index contributed by atoms with van der Waals surface area (Å²) < 4.78 is 39.6. The first-order valence-corrected chi connectivity index (χ1v) is 12.1. The van der Waals surface area contributed by atoms with Crippen LogP contribution in [0.5, 0.6) is 0 Å². The molecule has 0 radical (unpaired) electrons. The third-order valence-corrected chi connectivity index (χ3v) is 6.03. The number of hydrogen-bond acceptors (Lipinski definition) is 6. The van der Waals surface area contributed by atoms with Crippen LogP contribution in [0.4, 0.5) is 14.3 Å². The van der Waals surface area contributed by atoms with Gasteiger partial charge in [-0.3, -0.25) is 23.2 Å². The van der Waals surface area contributed by atoms with Gasteiger partial charge in [0.05, 0.1) is 18.8 Å². The summed E-state index contributed by atoms with van der Waals surface area (Å²) in [6, 6.07) is 9.25. The molecule has 7 nitrogen and oxygen atoms in total. The van der Waals surface area contributed by atoms with E-state index in [9.17, 15) is 18.2 Å². The average Bonchev–Trinajstić information content (AvgIpc) is 3.30. The molecule has 1 aromatic heterocycles. The zero-order chi connectivity index (χ0) is 27.3. The molecule has 10 heteroatoms. The molecule has 2 heterocycles. The number of ether oxygens (including phenoxy) is 2. The van der Waals surface area contributed by atoms with Crippen molar-refractivity contribution in [3.8, 4) is 0 Å². The first kappa shape index (κ1) is 27.9. The molecular weight excluding hydrogens is 479 g/mol. The molecule has 0 saturated heterocycles.